The van der Waals surface area contributed by atoms with Crippen LogP contribution >= 0.6 is 7.92 Å². The standard InChI is InChI=1S/C39H41O7P/c1-5-44-36(40)22-14-15-28(2)37(29(3)27-45-38(41)30-23-25-31(43-4)26-24-30)46-39(42)34-20-12-13-21-35(34)47(32-16-8-6-9-17-32)33-18-10-7-11-19-33/h6-14,16-26,28-29,37H,5,15,27H2,1-4H3/b22-14+/t28-,29+,37-/m1/s1. The van der Waals surface area contributed by atoms with E-state index in [9.17, 15) is 14.4 Å². The van der Waals surface area contributed by atoms with E-state index in [0.29, 0.717) is 23.3 Å². The van der Waals surface area contributed by atoms with Gasteiger partial charge in [-0.3, -0.25) is 0 Å². The number of benzene rings is 4. The highest BCUT2D eigenvalue weighted by atomic mass is 31.1. The molecule has 4 rings (SSSR count). The zero-order chi connectivity index (χ0) is 33.6. The molecule has 0 N–H and O–H groups in total. The van der Waals surface area contributed by atoms with E-state index in [1.807, 2.05) is 68.4 Å². The number of esters is 3. The summed E-state index contributed by atoms with van der Waals surface area (Å²) < 4.78 is 22.2. The van der Waals surface area contributed by atoms with Crippen LogP contribution in [0.4, 0.5) is 0 Å². The fraction of sp³-hybridized carbons (Fsp3) is 0.256. The van der Waals surface area contributed by atoms with Gasteiger partial charge in [-0.05, 0) is 73.4 Å². The summed E-state index contributed by atoms with van der Waals surface area (Å²) in [5.41, 5.74) is 0.870. The molecule has 0 bridgehead atoms. The lowest BCUT2D eigenvalue weighted by Gasteiger charge is -2.29. The van der Waals surface area contributed by atoms with Crippen molar-refractivity contribution < 1.29 is 33.3 Å². The topological polar surface area (TPSA) is 88.1 Å². The van der Waals surface area contributed by atoms with Crippen molar-refractivity contribution in [2.24, 2.45) is 11.8 Å². The first-order valence-corrected chi connectivity index (χ1v) is 17.0. The molecule has 0 amide bonds. The molecule has 4 aromatic rings. The Kier molecular flexibility index (Phi) is 13.3. The predicted octanol–water partition coefficient (Wildman–Crippen LogP) is 6.62. The lowest BCUT2D eigenvalue weighted by molar-refractivity contribution is -0.137. The Hall–Kier alpha value is -4.74. The Labute approximate surface area is 278 Å². The van der Waals surface area contributed by atoms with Gasteiger partial charge in [0.2, 0.25) is 0 Å². The van der Waals surface area contributed by atoms with Crippen molar-refractivity contribution in [3.8, 4) is 5.75 Å². The zero-order valence-electron chi connectivity index (χ0n) is 27.2. The molecule has 4 aromatic carbocycles. The molecule has 0 aromatic heterocycles. The van der Waals surface area contributed by atoms with Gasteiger partial charge in [0.05, 0.1) is 31.5 Å². The van der Waals surface area contributed by atoms with Crippen LogP contribution in [0.25, 0.3) is 0 Å². The number of rotatable bonds is 15. The molecule has 244 valence electrons. The SMILES string of the molecule is CCOC(=O)/C=C/C[C@@H](C)[C@@H](OC(=O)c1ccccc1P(c1ccccc1)c1ccccc1)[C@@H](C)COC(=O)c1ccc(OC)cc1. The van der Waals surface area contributed by atoms with Crippen LogP contribution in [0.2, 0.25) is 0 Å². The minimum absolute atomic E-state index is 0.0249. The zero-order valence-corrected chi connectivity index (χ0v) is 28.1. The molecular formula is C39H41O7P. The number of hydrogen-bond donors (Lipinski definition) is 0. The van der Waals surface area contributed by atoms with E-state index in [1.54, 1.807) is 50.4 Å². The molecule has 0 heterocycles. The van der Waals surface area contributed by atoms with Crippen molar-refractivity contribution in [1.82, 2.24) is 0 Å². The molecule has 8 heteroatoms. The summed E-state index contributed by atoms with van der Waals surface area (Å²) in [5.74, 6) is -1.31. The number of ether oxygens (including phenoxy) is 4. The maximum Gasteiger partial charge on any atom is 0.339 e. The number of carbonyl (C=O) groups is 3. The van der Waals surface area contributed by atoms with Crippen molar-refractivity contribution in [2.45, 2.75) is 33.3 Å². The van der Waals surface area contributed by atoms with E-state index in [0.717, 1.165) is 15.9 Å². The van der Waals surface area contributed by atoms with E-state index in [2.05, 4.69) is 24.3 Å². The summed E-state index contributed by atoms with van der Waals surface area (Å²) in [6.45, 7) is 5.89. The second-order valence-electron chi connectivity index (χ2n) is 11.1. The maximum absolute atomic E-state index is 14.1. The van der Waals surface area contributed by atoms with Crippen molar-refractivity contribution in [2.75, 3.05) is 20.3 Å². The Balaban J connectivity index is 1.60. The van der Waals surface area contributed by atoms with E-state index >= 15 is 0 Å². The first-order valence-electron chi connectivity index (χ1n) is 15.7. The van der Waals surface area contributed by atoms with Gasteiger partial charge in [-0.25, -0.2) is 14.4 Å². The molecule has 0 aliphatic rings. The molecule has 0 spiro atoms. The van der Waals surface area contributed by atoms with Gasteiger partial charge in [-0.15, -0.1) is 0 Å². The van der Waals surface area contributed by atoms with Crippen LogP contribution in [0.1, 0.15) is 47.9 Å². The molecule has 0 radical (unpaired) electrons. The van der Waals surface area contributed by atoms with E-state index in [1.165, 1.54) is 6.08 Å². The number of carbonyl (C=O) groups excluding carboxylic acids is 3. The van der Waals surface area contributed by atoms with E-state index in [-0.39, 0.29) is 25.0 Å². The van der Waals surface area contributed by atoms with Gasteiger partial charge in [0.25, 0.3) is 0 Å². The van der Waals surface area contributed by atoms with Crippen molar-refractivity contribution >= 4 is 41.7 Å². The monoisotopic (exact) mass is 652 g/mol. The first kappa shape index (κ1) is 35.1. The van der Waals surface area contributed by atoms with Gasteiger partial charge >= 0.3 is 17.9 Å². The largest absolute Gasteiger partial charge is 0.497 e. The maximum atomic E-state index is 14.1. The average Bonchev–Trinajstić information content (AvgIpc) is 3.10. The second kappa shape index (κ2) is 17.8. The first-order chi connectivity index (χ1) is 22.8. The Bertz CT molecular complexity index is 1580. The summed E-state index contributed by atoms with van der Waals surface area (Å²) in [4.78, 5) is 38.9. The lowest BCUT2D eigenvalue weighted by atomic mass is 9.91. The predicted molar refractivity (Wildman–Crippen MR) is 186 cm³/mol. The highest BCUT2D eigenvalue weighted by Gasteiger charge is 2.31. The third-order valence-electron chi connectivity index (χ3n) is 7.61. The van der Waals surface area contributed by atoms with Crippen LogP contribution in [0.5, 0.6) is 5.75 Å². The lowest BCUT2D eigenvalue weighted by Crippen LogP contribution is -2.36. The van der Waals surface area contributed by atoms with Crippen LogP contribution in [-0.4, -0.2) is 44.3 Å². The molecule has 0 fully saturated rings. The van der Waals surface area contributed by atoms with Gasteiger partial charge in [0, 0.05) is 12.0 Å². The molecule has 0 aliphatic heterocycles. The third-order valence-corrected chi connectivity index (χ3v) is 10.1. The minimum Gasteiger partial charge on any atom is -0.497 e. The molecule has 0 aliphatic carbocycles. The summed E-state index contributed by atoms with van der Waals surface area (Å²) in [7, 11) is 0.496. The quantitative estimate of drug-likeness (QED) is 0.0618. The number of allylic oxidation sites excluding steroid dienone is 1. The van der Waals surface area contributed by atoms with Crippen molar-refractivity contribution in [3.63, 3.8) is 0 Å². The molecule has 0 unspecified atom stereocenters. The average molecular weight is 653 g/mol. The van der Waals surface area contributed by atoms with Gasteiger partial charge in [0.1, 0.15) is 11.9 Å². The van der Waals surface area contributed by atoms with Crippen LogP contribution in [-0.2, 0) is 19.0 Å². The van der Waals surface area contributed by atoms with Crippen LogP contribution < -0.4 is 20.7 Å². The minimum atomic E-state index is -1.06. The number of methoxy groups -OCH3 is 1. The third kappa shape index (κ3) is 9.87. The van der Waals surface area contributed by atoms with Crippen molar-refractivity contribution in [1.29, 1.82) is 0 Å². The van der Waals surface area contributed by atoms with Crippen molar-refractivity contribution in [3.05, 3.63) is 132 Å². The van der Waals surface area contributed by atoms with Gasteiger partial charge in [-0.2, -0.15) is 0 Å². The van der Waals surface area contributed by atoms with Crippen LogP contribution in [0, 0.1) is 11.8 Å². The van der Waals surface area contributed by atoms with Gasteiger partial charge < -0.3 is 18.9 Å². The van der Waals surface area contributed by atoms with Crippen LogP contribution in [0.3, 0.4) is 0 Å². The molecule has 47 heavy (non-hydrogen) atoms. The smallest absolute Gasteiger partial charge is 0.339 e. The summed E-state index contributed by atoms with van der Waals surface area (Å²) in [5, 5.41) is 3.11. The normalized spacial score (nSPS) is 13.0. The molecule has 0 saturated heterocycles. The Morgan fingerprint density at radius 1 is 0.723 bits per heavy atom. The summed E-state index contributed by atoms with van der Waals surface area (Å²) >= 11 is 0. The molecule has 7 nitrogen and oxygen atoms in total. The van der Waals surface area contributed by atoms with Gasteiger partial charge in [0.15, 0.2) is 0 Å². The fourth-order valence-corrected chi connectivity index (χ4v) is 7.66. The Morgan fingerprint density at radius 2 is 1.32 bits per heavy atom. The molecular weight excluding hydrogens is 611 g/mol. The fourth-order valence-electron chi connectivity index (χ4n) is 5.22. The number of hydrogen-bond acceptors (Lipinski definition) is 7. The van der Waals surface area contributed by atoms with E-state index < -0.39 is 31.9 Å². The Morgan fingerprint density at radius 3 is 1.91 bits per heavy atom. The highest BCUT2D eigenvalue weighted by Crippen LogP contribution is 2.34. The highest BCUT2D eigenvalue weighted by molar-refractivity contribution is 7.80. The second-order valence-corrected chi connectivity index (χ2v) is 13.3. The summed E-state index contributed by atoms with van der Waals surface area (Å²) in [6.07, 6.45) is 2.91. The van der Waals surface area contributed by atoms with Crippen LogP contribution in [0.15, 0.2) is 121 Å². The summed E-state index contributed by atoms with van der Waals surface area (Å²) in [6, 6.07) is 34.6. The van der Waals surface area contributed by atoms with Gasteiger partial charge in [-0.1, -0.05) is 98.8 Å². The molecule has 3 atom stereocenters. The molecule has 0 saturated carbocycles. The van der Waals surface area contributed by atoms with E-state index in [4.69, 9.17) is 18.9 Å².